The van der Waals surface area contributed by atoms with Gasteiger partial charge in [-0.2, -0.15) is 0 Å². The quantitative estimate of drug-likeness (QED) is 0.749. The minimum atomic E-state index is -0.456. The van der Waals surface area contributed by atoms with Gasteiger partial charge in [0.25, 0.3) is 0 Å². The lowest BCUT2D eigenvalue weighted by Crippen LogP contribution is -2.48. The van der Waals surface area contributed by atoms with E-state index in [1.807, 2.05) is 18.0 Å². The first-order valence-corrected chi connectivity index (χ1v) is 10.6. The minimum absolute atomic E-state index is 0.102. The maximum atomic E-state index is 12.6. The third kappa shape index (κ3) is 4.38. The lowest BCUT2D eigenvalue weighted by molar-refractivity contribution is -0.121. The van der Waals surface area contributed by atoms with Gasteiger partial charge in [0.15, 0.2) is 5.82 Å². The number of likely N-dealkylation sites (N-methyl/N-ethyl adjacent to an activating group) is 1. The molecule has 0 spiro atoms. The molecule has 0 radical (unpaired) electrons. The monoisotopic (exact) mass is 411 g/mol. The van der Waals surface area contributed by atoms with Gasteiger partial charge in [0, 0.05) is 30.6 Å². The molecule has 1 fully saturated rings. The number of amides is 1. The number of aliphatic hydroxyl groups excluding tert-OH is 1. The Kier molecular flexibility index (Phi) is 6.13. The summed E-state index contributed by atoms with van der Waals surface area (Å²) in [5.41, 5.74) is 2.78. The molecule has 160 valence electrons. The molecule has 2 aliphatic carbocycles. The van der Waals surface area contributed by atoms with E-state index in [-0.39, 0.29) is 18.5 Å². The van der Waals surface area contributed by atoms with Gasteiger partial charge < -0.3 is 20.1 Å². The maximum absolute atomic E-state index is 12.6. The number of fused-ring (bicyclic) bond motifs is 1. The summed E-state index contributed by atoms with van der Waals surface area (Å²) in [6, 6.07) is 3.44. The molecule has 1 saturated carbocycles. The number of aliphatic hydroxyl groups is 1. The average Bonchev–Trinajstić information content (AvgIpc) is 3.23. The van der Waals surface area contributed by atoms with Gasteiger partial charge in [-0.25, -0.2) is 9.97 Å². The zero-order chi connectivity index (χ0) is 21.1. The molecule has 4 rings (SSSR count). The number of ether oxygens (including phenoxy) is 1. The fourth-order valence-corrected chi connectivity index (χ4v) is 4.33. The molecule has 30 heavy (non-hydrogen) atoms. The van der Waals surface area contributed by atoms with Crippen LogP contribution in [0.1, 0.15) is 43.4 Å². The number of nitrogens with one attached hydrogen (secondary N) is 1. The fourth-order valence-electron chi connectivity index (χ4n) is 4.33. The molecule has 0 saturated heterocycles. The average molecular weight is 412 g/mol. The summed E-state index contributed by atoms with van der Waals surface area (Å²) in [5.74, 6) is 1.91. The lowest BCUT2D eigenvalue weighted by atomic mass is 9.92. The van der Waals surface area contributed by atoms with E-state index in [2.05, 4.69) is 10.3 Å². The summed E-state index contributed by atoms with van der Waals surface area (Å²) in [7, 11) is 3.49. The SMILES string of the molecule is COc1ccnc(-c2nc3c(c(N(C)CC(=O)NC4CCCCC4O)n2)CCC3)c1. The van der Waals surface area contributed by atoms with E-state index < -0.39 is 6.10 Å². The Bertz CT molecular complexity index is 920. The smallest absolute Gasteiger partial charge is 0.239 e. The van der Waals surface area contributed by atoms with Crippen LogP contribution >= 0.6 is 0 Å². The largest absolute Gasteiger partial charge is 0.497 e. The second kappa shape index (κ2) is 8.95. The van der Waals surface area contributed by atoms with Crippen LogP contribution in [0.15, 0.2) is 18.3 Å². The number of nitrogens with zero attached hydrogens (tertiary/aromatic N) is 4. The highest BCUT2D eigenvalue weighted by molar-refractivity contribution is 5.81. The molecule has 2 aromatic heterocycles. The molecule has 2 aromatic rings. The third-order valence-electron chi connectivity index (χ3n) is 5.93. The van der Waals surface area contributed by atoms with Crippen LogP contribution in [0, 0.1) is 0 Å². The van der Waals surface area contributed by atoms with Crippen molar-refractivity contribution in [1.29, 1.82) is 0 Å². The number of pyridine rings is 1. The Labute approximate surface area is 176 Å². The number of carbonyl (C=O) groups is 1. The van der Waals surface area contributed by atoms with Crippen molar-refractivity contribution in [2.75, 3.05) is 25.6 Å². The van der Waals surface area contributed by atoms with Crippen LogP contribution in [0.25, 0.3) is 11.5 Å². The first-order valence-electron chi connectivity index (χ1n) is 10.6. The Morgan fingerprint density at radius 3 is 2.90 bits per heavy atom. The highest BCUT2D eigenvalue weighted by Gasteiger charge is 2.27. The normalized spacial score (nSPS) is 20.5. The summed E-state index contributed by atoms with van der Waals surface area (Å²) in [6.45, 7) is 0.178. The van der Waals surface area contributed by atoms with E-state index in [4.69, 9.17) is 14.7 Å². The van der Waals surface area contributed by atoms with Gasteiger partial charge in [-0.1, -0.05) is 12.8 Å². The number of anilines is 1. The summed E-state index contributed by atoms with van der Waals surface area (Å²) >= 11 is 0. The Hall–Kier alpha value is -2.74. The Balaban J connectivity index is 1.55. The first-order chi connectivity index (χ1) is 14.5. The maximum Gasteiger partial charge on any atom is 0.239 e. The van der Waals surface area contributed by atoms with Crippen molar-refractivity contribution in [3.05, 3.63) is 29.6 Å². The highest BCUT2D eigenvalue weighted by Crippen LogP contribution is 2.31. The van der Waals surface area contributed by atoms with Crippen molar-refractivity contribution in [2.45, 2.75) is 57.1 Å². The van der Waals surface area contributed by atoms with E-state index in [1.54, 1.807) is 19.4 Å². The van der Waals surface area contributed by atoms with E-state index in [1.165, 1.54) is 0 Å². The molecule has 0 aliphatic heterocycles. The second-order valence-electron chi connectivity index (χ2n) is 8.11. The topological polar surface area (TPSA) is 100 Å². The molecular formula is C22H29N5O3. The predicted molar refractivity (Wildman–Crippen MR) is 114 cm³/mol. The number of rotatable bonds is 6. The summed E-state index contributed by atoms with van der Waals surface area (Å²) in [4.78, 5) is 28.4. The standard InChI is InChI=1S/C22H29N5O3/c1-27(13-20(29)24-17-7-3-4-9-19(17)28)22-15-6-5-8-16(15)25-21(26-22)18-12-14(30-2)10-11-23-18/h10-12,17,19,28H,3-9,13H2,1-2H3,(H,24,29). The van der Waals surface area contributed by atoms with E-state index >= 15 is 0 Å². The Morgan fingerprint density at radius 2 is 2.10 bits per heavy atom. The van der Waals surface area contributed by atoms with Crippen LogP contribution in [0.4, 0.5) is 5.82 Å². The number of aryl methyl sites for hydroxylation is 1. The van der Waals surface area contributed by atoms with Crippen molar-refractivity contribution in [1.82, 2.24) is 20.3 Å². The predicted octanol–water partition coefficient (Wildman–Crippen LogP) is 1.89. The van der Waals surface area contributed by atoms with Crippen molar-refractivity contribution in [3.63, 3.8) is 0 Å². The van der Waals surface area contributed by atoms with E-state index in [0.717, 1.165) is 62.0 Å². The fraction of sp³-hybridized carbons (Fsp3) is 0.545. The molecule has 2 unspecified atom stereocenters. The van der Waals surface area contributed by atoms with Gasteiger partial charge >= 0.3 is 0 Å². The van der Waals surface area contributed by atoms with Crippen LogP contribution in [0.3, 0.4) is 0 Å². The number of aromatic nitrogens is 3. The van der Waals surface area contributed by atoms with Gasteiger partial charge in [0.05, 0.1) is 25.8 Å². The molecule has 8 nitrogen and oxygen atoms in total. The second-order valence-corrected chi connectivity index (χ2v) is 8.11. The van der Waals surface area contributed by atoms with Crippen LogP contribution < -0.4 is 15.0 Å². The lowest BCUT2D eigenvalue weighted by Gasteiger charge is -2.29. The van der Waals surface area contributed by atoms with Crippen LogP contribution in [0.2, 0.25) is 0 Å². The highest BCUT2D eigenvalue weighted by atomic mass is 16.5. The van der Waals surface area contributed by atoms with Gasteiger partial charge in [0.2, 0.25) is 5.91 Å². The molecule has 2 heterocycles. The van der Waals surface area contributed by atoms with Gasteiger partial charge in [-0.05, 0) is 38.2 Å². The van der Waals surface area contributed by atoms with Crippen molar-refractivity contribution in [2.24, 2.45) is 0 Å². The molecule has 8 heteroatoms. The number of hydrogen-bond acceptors (Lipinski definition) is 7. The van der Waals surface area contributed by atoms with E-state index in [9.17, 15) is 9.90 Å². The zero-order valence-corrected chi connectivity index (χ0v) is 17.6. The van der Waals surface area contributed by atoms with Crippen molar-refractivity contribution < 1.29 is 14.6 Å². The first kappa shape index (κ1) is 20.5. The molecule has 2 N–H and O–H groups in total. The minimum Gasteiger partial charge on any atom is -0.497 e. The van der Waals surface area contributed by atoms with Crippen molar-refractivity contribution >= 4 is 11.7 Å². The third-order valence-corrected chi connectivity index (χ3v) is 5.93. The molecule has 0 aromatic carbocycles. The molecular weight excluding hydrogens is 382 g/mol. The van der Waals surface area contributed by atoms with Gasteiger partial charge in [-0.15, -0.1) is 0 Å². The van der Waals surface area contributed by atoms with Gasteiger partial charge in [0.1, 0.15) is 17.3 Å². The number of carbonyl (C=O) groups excluding carboxylic acids is 1. The summed E-state index contributed by atoms with van der Waals surface area (Å²) in [6.07, 6.45) is 7.68. The molecule has 1 amide bonds. The van der Waals surface area contributed by atoms with Crippen LogP contribution in [-0.4, -0.2) is 58.8 Å². The number of hydrogen-bond donors (Lipinski definition) is 2. The summed E-state index contributed by atoms with van der Waals surface area (Å²) < 4.78 is 5.30. The molecule has 2 aliphatic rings. The molecule has 2 atom stereocenters. The van der Waals surface area contributed by atoms with Crippen LogP contribution in [-0.2, 0) is 17.6 Å². The molecule has 0 bridgehead atoms. The zero-order valence-electron chi connectivity index (χ0n) is 17.6. The van der Waals surface area contributed by atoms with Crippen molar-refractivity contribution in [3.8, 4) is 17.3 Å². The van der Waals surface area contributed by atoms with Crippen LogP contribution in [0.5, 0.6) is 5.75 Å². The Morgan fingerprint density at radius 1 is 1.27 bits per heavy atom. The summed E-state index contributed by atoms with van der Waals surface area (Å²) in [5, 5.41) is 13.1. The van der Waals surface area contributed by atoms with E-state index in [0.29, 0.717) is 17.3 Å². The van der Waals surface area contributed by atoms with Gasteiger partial charge in [-0.3, -0.25) is 9.78 Å². The number of methoxy groups -OCH3 is 1.